The normalized spacial score (nSPS) is 14.1. The maximum atomic E-state index is 10.6. The van der Waals surface area contributed by atoms with Crippen LogP contribution >= 0.6 is 0 Å². The van der Waals surface area contributed by atoms with Gasteiger partial charge in [-0.05, 0) is 0 Å². The molecule has 0 bridgehead atoms. The number of oxazole rings is 1. The summed E-state index contributed by atoms with van der Waals surface area (Å²) in [6, 6.07) is 17.7. The molecule has 2 aromatic carbocycles. The molecule has 3 rings (SSSR count). The van der Waals surface area contributed by atoms with Gasteiger partial charge in [0.25, 0.3) is 0 Å². The Morgan fingerprint density at radius 3 is 2.55 bits per heavy atom. The second-order valence-electron chi connectivity index (χ2n) is 5.28. The van der Waals surface area contributed by atoms with E-state index in [-0.39, 0.29) is 20.9 Å². The maximum absolute atomic E-state index is 10.6. The van der Waals surface area contributed by atoms with Crippen LogP contribution in [-0.4, -0.2) is 25.0 Å². The molecule has 4 heteroatoms. The Hall–Kier alpha value is -1.61. The molecule has 0 amide bonds. The number of rotatable bonds is 6. The van der Waals surface area contributed by atoms with Crippen molar-refractivity contribution in [2.45, 2.75) is 24.8 Å². The van der Waals surface area contributed by atoms with Crippen molar-refractivity contribution in [1.82, 2.24) is 4.98 Å². The summed E-state index contributed by atoms with van der Waals surface area (Å²) < 4.78 is 5.78. The molecular formula is C18H19NO2Se. The summed E-state index contributed by atoms with van der Waals surface area (Å²) in [6.45, 7) is 2.12. The van der Waals surface area contributed by atoms with E-state index in [2.05, 4.69) is 11.9 Å². The van der Waals surface area contributed by atoms with Gasteiger partial charge in [-0.25, -0.2) is 0 Å². The first kappa shape index (κ1) is 15.3. The van der Waals surface area contributed by atoms with E-state index in [1.54, 1.807) is 0 Å². The fourth-order valence-corrected chi connectivity index (χ4v) is 4.72. The fraction of sp³-hybridized carbons (Fsp3) is 0.278. The molecule has 1 heterocycles. The molecule has 3 aromatic rings. The number of hydrogen-bond donors (Lipinski definition) is 1. The summed E-state index contributed by atoms with van der Waals surface area (Å²) in [5.41, 5.74) is 2.75. The first-order valence-electron chi connectivity index (χ1n) is 7.49. The molecular weight excluding hydrogens is 341 g/mol. The third-order valence-electron chi connectivity index (χ3n) is 3.81. The number of hydrogen-bond acceptors (Lipinski definition) is 3. The Morgan fingerprint density at radius 1 is 1.09 bits per heavy atom. The molecule has 22 heavy (non-hydrogen) atoms. The van der Waals surface area contributed by atoms with Crippen LogP contribution < -0.4 is 4.79 Å². The van der Waals surface area contributed by atoms with E-state index < -0.39 is 6.10 Å². The Labute approximate surface area is 136 Å². The second kappa shape index (κ2) is 7.10. The van der Waals surface area contributed by atoms with Crippen LogP contribution in [-0.2, 0) is 0 Å². The van der Waals surface area contributed by atoms with Crippen LogP contribution in [0.1, 0.15) is 25.0 Å². The molecule has 2 atom stereocenters. The van der Waals surface area contributed by atoms with Crippen LogP contribution in [0.2, 0.25) is 5.32 Å². The van der Waals surface area contributed by atoms with E-state index in [0.29, 0.717) is 0 Å². The Kier molecular flexibility index (Phi) is 4.93. The molecule has 0 spiro atoms. The molecule has 0 radical (unpaired) electrons. The topological polar surface area (TPSA) is 46.3 Å². The first-order chi connectivity index (χ1) is 10.8. The summed E-state index contributed by atoms with van der Waals surface area (Å²) in [7, 11) is 0. The molecule has 0 aliphatic rings. The summed E-state index contributed by atoms with van der Waals surface area (Å²) >= 11 is 0.134. The van der Waals surface area contributed by atoms with E-state index >= 15 is 0 Å². The fourth-order valence-electron chi connectivity index (χ4n) is 2.45. The minimum atomic E-state index is -0.419. The van der Waals surface area contributed by atoms with Gasteiger partial charge in [-0.3, -0.25) is 0 Å². The number of para-hydroxylation sites is 2. The predicted octanol–water partition coefficient (Wildman–Crippen LogP) is 3.34. The van der Waals surface area contributed by atoms with Crippen molar-refractivity contribution in [3.63, 3.8) is 0 Å². The van der Waals surface area contributed by atoms with E-state index in [1.165, 1.54) is 0 Å². The van der Waals surface area contributed by atoms with Crippen LogP contribution in [0.5, 0.6) is 0 Å². The van der Waals surface area contributed by atoms with Gasteiger partial charge in [0, 0.05) is 0 Å². The van der Waals surface area contributed by atoms with Gasteiger partial charge in [-0.15, -0.1) is 0 Å². The van der Waals surface area contributed by atoms with Crippen LogP contribution in [0, 0.1) is 5.92 Å². The van der Waals surface area contributed by atoms with Gasteiger partial charge >= 0.3 is 136 Å². The Morgan fingerprint density at radius 2 is 1.82 bits per heavy atom. The van der Waals surface area contributed by atoms with Crippen molar-refractivity contribution >= 4 is 30.8 Å². The molecule has 0 unspecified atom stereocenters. The van der Waals surface area contributed by atoms with Gasteiger partial charge in [0.1, 0.15) is 0 Å². The third kappa shape index (κ3) is 3.41. The number of aromatic nitrogens is 1. The molecule has 114 valence electrons. The van der Waals surface area contributed by atoms with Gasteiger partial charge in [0.05, 0.1) is 0 Å². The predicted molar refractivity (Wildman–Crippen MR) is 89.4 cm³/mol. The summed E-state index contributed by atoms with van der Waals surface area (Å²) in [5, 5.41) is 11.5. The zero-order valence-corrected chi connectivity index (χ0v) is 14.2. The zero-order valence-electron chi connectivity index (χ0n) is 12.5. The van der Waals surface area contributed by atoms with Crippen molar-refractivity contribution in [1.29, 1.82) is 0 Å². The van der Waals surface area contributed by atoms with E-state index in [1.807, 2.05) is 54.6 Å². The molecule has 0 saturated carbocycles. The number of benzene rings is 2. The Bertz CT molecular complexity index is 693. The van der Waals surface area contributed by atoms with Gasteiger partial charge < -0.3 is 0 Å². The van der Waals surface area contributed by atoms with E-state index in [0.717, 1.165) is 33.2 Å². The molecule has 3 nitrogen and oxygen atoms in total. The summed E-state index contributed by atoms with van der Waals surface area (Å²) in [4.78, 5) is 5.34. The van der Waals surface area contributed by atoms with Crippen LogP contribution in [0.4, 0.5) is 0 Å². The molecule has 0 aliphatic carbocycles. The number of nitrogens with zero attached hydrogens (tertiary/aromatic N) is 1. The minimum absolute atomic E-state index is 0.134. The Balaban J connectivity index is 1.68. The van der Waals surface area contributed by atoms with Gasteiger partial charge in [-0.1, -0.05) is 0 Å². The first-order valence-corrected chi connectivity index (χ1v) is 9.56. The van der Waals surface area contributed by atoms with Crippen molar-refractivity contribution < 1.29 is 9.52 Å². The average Bonchev–Trinajstić information content (AvgIpc) is 2.99. The standard InChI is InChI=1S/C18H19NO2Se/c1-2-13(17(20)14-8-4-3-5-9-14)12-22-18-19-15-10-6-7-11-16(15)21-18/h3-11,13,17,20H,2,12H2,1H3/t13-,17-/m0/s1. The van der Waals surface area contributed by atoms with E-state index in [4.69, 9.17) is 4.42 Å². The molecule has 0 saturated heterocycles. The van der Waals surface area contributed by atoms with Gasteiger partial charge in [0.15, 0.2) is 0 Å². The number of fused-ring (bicyclic) bond motifs is 1. The number of aliphatic hydroxyl groups is 1. The van der Waals surface area contributed by atoms with Crippen LogP contribution in [0.3, 0.4) is 0 Å². The molecule has 1 N–H and O–H groups in total. The van der Waals surface area contributed by atoms with Crippen molar-refractivity contribution in [2.75, 3.05) is 0 Å². The van der Waals surface area contributed by atoms with Crippen molar-refractivity contribution in [2.24, 2.45) is 5.92 Å². The summed E-state index contributed by atoms with van der Waals surface area (Å²) in [6.07, 6.45) is 0.523. The van der Waals surface area contributed by atoms with E-state index in [9.17, 15) is 5.11 Å². The average molecular weight is 360 g/mol. The van der Waals surface area contributed by atoms with Crippen LogP contribution in [0.15, 0.2) is 59.0 Å². The van der Waals surface area contributed by atoms with Crippen molar-refractivity contribution in [3.05, 3.63) is 60.2 Å². The molecule has 0 aliphatic heterocycles. The monoisotopic (exact) mass is 361 g/mol. The second-order valence-corrected chi connectivity index (χ2v) is 7.32. The molecule has 1 aromatic heterocycles. The SMILES string of the molecule is CC[C@@H](C[Se]c1nc2ccccc2o1)[C@H](O)c1ccccc1. The van der Waals surface area contributed by atoms with Crippen LogP contribution in [0.25, 0.3) is 11.1 Å². The zero-order chi connectivity index (χ0) is 15.4. The molecule has 0 fully saturated rings. The van der Waals surface area contributed by atoms with Gasteiger partial charge in [-0.2, -0.15) is 0 Å². The number of aliphatic hydroxyl groups excluding tert-OH is 1. The quantitative estimate of drug-likeness (QED) is 0.686. The van der Waals surface area contributed by atoms with Crippen molar-refractivity contribution in [3.8, 4) is 0 Å². The summed E-state index contributed by atoms with van der Waals surface area (Å²) in [5.74, 6) is 0.234. The third-order valence-corrected chi connectivity index (χ3v) is 5.94. The van der Waals surface area contributed by atoms with Gasteiger partial charge in [0.2, 0.25) is 0 Å².